The Balaban J connectivity index is 1.27. The van der Waals surface area contributed by atoms with Crippen LogP contribution >= 0.6 is 0 Å². The van der Waals surface area contributed by atoms with E-state index in [9.17, 15) is 28.8 Å². The molecule has 4 amide bonds. The second kappa shape index (κ2) is 9.49. The van der Waals surface area contributed by atoms with Crippen molar-refractivity contribution in [3.63, 3.8) is 0 Å². The van der Waals surface area contributed by atoms with Gasteiger partial charge in [0.25, 0.3) is 23.6 Å². The molecule has 0 N–H and O–H groups in total. The molecule has 0 unspecified atom stereocenters. The molecule has 2 heterocycles. The van der Waals surface area contributed by atoms with Gasteiger partial charge >= 0.3 is 0 Å². The summed E-state index contributed by atoms with van der Waals surface area (Å²) >= 11 is 0. The highest BCUT2D eigenvalue weighted by Crippen LogP contribution is 2.35. The van der Waals surface area contributed by atoms with Gasteiger partial charge in [0.2, 0.25) is 0 Å². The first kappa shape index (κ1) is 25.6. The molecule has 0 spiro atoms. The second-order valence-electron chi connectivity index (χ2n) is 9.62. The third kappa shape index (κ3) is 4.20. The highest BCUT2D eigenvalue weighted by Gasteiger charge is 2.38. The molecular weight excluding hydrogens is 524 g/mol. The fourth-order valence-electron chi connectivity index (χ4n) is 4.90. The van der Waals surface area contributed by atoms with Crippen molar-refractivity contribution >= 4 is 46.6 Å². The fraction of sp³-hybridized carbons (Fsp3) is 0.0625. The van der Waals surface area contributed by atoms with Crippen LogP contribution in [0.15, 0.2) is 84.9 Å². The predicted molar refractivity (Wildman–Crippen MR) is 148 cm³/mol. The van der Waals surface area contributed by atoms with Crippen molar-refractivity contribution in [3.8, 4) is 11.5 Å². The van der Waals surface area contributed by atoms with E-state index in [0.29, 0.717) is 11.1 Å². The molecule has 0 bridgehead atoms. The summed E-state index contributed by atoms with van der Waals surface area (Å²) in [5, 5.41) is 0. The normalized spacial score (nSPS) is 13.9. The third-order valence-corrected chi connectivity index (χ3v) is 6.97. The average molecular weight is 545 g/mol. The summed E-state index contributed by atoms with van der Waals surface area (Å²) in [6.45, 7) is 2.80. The number of hydrogen-bond acceptors (Lipinski definition) is 7. The van der Waals surface area contributed by atoms with Crippen LogP contribution < -0.4 is 14.5 Å². The zero-order chi connectivity index (χ0) is 29.0. The first-order valence-corrected chi connectivity index (χ1v) is 12.6. The van der Waals surface area contributed by atoms with Gasteiger partial charge in [-0.3, -0.25) is 28.8 Å². The van der Waals surface area contributed by atoms with E-state index in [2.05, 4.69) is 0 Å². The van der Waals surface area contributed by atoms with Crippen molar-refractivity contribution < 1.29 is 33.5 Å². The first-order valence-electron chi connectivity index (χ1n) is 12.6. The number of ketones is 2. The van der Waals surface area contributed by atoms with Gasteiger partial charge in [-0.05, 0) is 74.5 Å². The zero-order valence-electron chi connectivity index (χ0n) is 21.8. The lowest BCUT2D eigenvalue weighted by atomic mass is 10.1. The van der Waals surface area contributed by atoms with Gasteiger partial charge in [0.1, 0.15) is 11.5 Å². The van der Waals surface area contributed by atoms with E-state index in [0.717, 1.165) is 9.80 Å². The Morgan fingerprint density at radius 3 is 1.29 bits per heavy atom. The first-order chi connectivity index (χ1) is 19.6. The monoisotopic (exact) mass is 544 g/mol. The third-order valence-electron chi connectivity index (χ3n) is 6.97. The molecule has 6 rings (SSSR count). The number of ether oxygens (including phenoxy) is 1. The fourth-order valence-corrected chi connectivity index (χ4v) is 4.90. The second-order valence-corrected chi connectivity index (χ2v) is 9.62. The van der Waals surface area contributed by atoms with E-state index in [4.69, 9.17) is 4.74 Å². The van der Waals surface area contributed by atoms with E-state index in [-0.39, 0.29) is 56.7 Å². The topological polar surface area (TPSA) is 118 Å². The van der Waals surface area contributed by atoms with Crippen LogP contribution in [0.25, 0.3) is 0 Å². The van der Waals surface area contributed by atoms with Gasteiger partial charge in [-0.1, -0.05) is 24.3 Å². The number of carbonyl (C=O) groups is 6. The van der Waals surface area contributed by atoms with Crippen LogP contribution in [0, 0.1) is 0 Å². The number of fused-ring (bicyclic) bond motifs is 2. The molecule has 200 valence electrons. The summed E-state index contributed by atoms with van der Waals surface area (Å²) in [6, 6.07) is 21.4. The summed E-state index contributed by atoms with van der Waals surface area (Å²) in [7, 11) is 0. The van der Waals surface area contributed by atoms with Gasteiger partial charge in [0, 0.05) is 11.1 Å². The van der Waals surface area contributed by atoms with Crippen LogP contribution in [0.5, 0.6) is 11.5 Å². The molecule has 0 fully saturated rings. The lowest BCUT2D eigenvalue weighted by Gasteiger charge is -2.14. The summed E-state index contributed by atoms with van der Waals surface area (Å²) in [5.74, 6) is -2.06. The molecule has 9 heteroatoms. The minimum Gasteiger partial charge on any atom is -0.457 e. The molecule has 9 nitrogen and oxygen atoms in total. The van der Waals surface area contributed by atoms with Gasteiger partial charge in [-0.2, -0.15) is 0 Å². The van der Waals surface area contributed by atoms with Crippen LogP contribution in [0.3, 0.4) is 0 Å². The summed E-state index contributed by atoms with van der Waals surface area (Å²) in [5.41, 5.74) is 1.95. The quantitative estimate of drug-likeness (QED) is 0.233. The average Bonchev–Trinajstić information content (AvgIpc) is 3.36. The molecule has 0 aromatic heterocycles. The van der Waals surface area contributed by atoms with E-state index in [1.54, 1.807) is 36.4 Å². The molecule has 0 aliphatic carbocycles. The molecule has 0 radical (unpaired) electrons. The van der Waals surface area contributed by atoms with Crippen molar-refractivity contribution in [1.29, 1.82) is 0 Å². The number of rotatable bonds is 6. The summed E-state index contributed by atoms with van der Waals surface area (Å²) < 4.78 is 5.93. The number of Topliss-reactive ketones (excluding diaryl/α,β-unsaturated/α-hetero) is 2. The van der Waals surface area contributed by atoms with Crippen molar-refractivity contribution in [2.45, 2.75) is 13.8 Å². The van der Waals surface area contributed by atoms with E-state index in [1.807, 2.05) is 0 Å². The van der Waals surface area contributed by atoms with Crippen molar-refractivity contribution in [2.75, 3.05) is 9.80 Å². The number of anilines is 2. The van der Waals surface area contributed by atoms with Crippen LogP contribution in [-0.2, 0) is 0 Å². The van der Waals surface area contributed by atoms with E-state index < -0.39 is 23.6 Å². The Hall–Kier alpha value is -5.70. The number of amides is 4. The largest absolute Gasteiger partial charge is 0.457 e. The van der Waals surface area contributed by atoms with Crippen molar-refractivity contribution in [1.82, 2.24) is 0 Å². The maximum Gasteiger partial charge on any atom is 0.266 e. The molecule has 4 aromatic rings. The molecule has 4 aromatic carbocycles. The molecule has 0 atom stereocenters. The SMILES string of the molecule is CC(=O)c1cccc(N2C(=O)c3ccc(Oc4ccc5c(c4)C(=O)N(c4cccc(C(C)=O)c4)C5=O)cc3C2=O)c1. The Morgan fingerprint density at radius 1 is 0.512 bits per heavy atom. The van der Waals surface area contributed by atoms with Gasteiger partial charge in [-0.25, -0.2) is 9.80 Å². The highest BCUT2D eigenvalue weighted by molar-refractivity contribution is 6.35. The van der Waals surface area contributed by atoms with Crippen molar-refractivity contribution in [2.24, 2.45) is 0 Å². The number of nitrogens with zero attached hydrogens (tertiary/aromatic N) is 2. The Morgan fingerprint density at radius 2 is 0.902 bits per heavy atom. The number of carbonyl (C=O) groups excluding carboxylic acids is 6. The molecular formula is C32H20N2O7. The number of hydrogen-bond donors (Lipinski definition) is 0. The van der Waals surface area contributed by atoms with E-state index >= 15 is 0 Å². The maximum atomic E-state index is 13.2. The zero-order valence-corrected chi connectivity index (χ0v) is 21.8. The minimum atomic E-state index is -0.561. The van der Waals surface area contributed by atoms with Gasteiger partial charge in [0.05, 0.1) is 33.6 Å². The van der Waals surface area contributed by atoms with Crippen LogP contribution in [0.4, 0.5) is 11.4 Å². The van der Waals surface area contributed by atoms with Crippen LogP contribution in [0.2, 0.25) is 0 Å². The molecule has 0 saturated carbocycles. The van der Waals surface area contributed by atoms with Gasteiger partial charge < -0.3 is 4.74 Å². The molecule has 2 aliphatic rings. The Labute approximate surface area is 233 Å². The maximum absolute atomic E-state index is 13.2. The summed E-state index contributed by atoms with van der Waals surface area (Å²) in [6.07, 6.45) is 0. The molecule has 41 heavy (non-hydrogen) atoms. The number of imide groups is 2. The van der Waals surface area contributed by atoms with Gasteiger partial charge in [0.15, 0.2) is 11.6 Å². The lowest BCUT2D eigenvalue weighted by Crippen LogP contribution is -2.29. The Bertz CT molecular complexity index is 1740. The summed E-state index contributed by atoms with van der Waals surface area (Å²) in [4.78, 5) is 78.1. The predicted octanol–water partition coefficient (Wildman–Crippen LogP) is 5.49. The minimum absolute atomic E-state index is 0.129. The van der Waals surface area contributed by atoms with Crippen LogP contribution in [0.1, 0.15) is 76.0 Å². The Kier molecular flexibility index (Phi) is 5.92. The molecule has 2 aliphatic heterocycles. The van der Waals surface area contributed by atoms with Crippen LogP contribution in [-0.4, -0.2) is 35.2 Å². The number of benzene rings is 4. The smallest absolute Gasteiger partial charge is 0.266 e. The van der Waals surface area contributed by atoms with E-state index in [1.165, 1.54) is 62.4 Å². The lowest BCUT2D eigenvalue weighted by molar-refractivity contribution is 0.0910. The molecule has 0 saturated heterocycles. The highest BCUT2D eigenvalue weighted by atomic mass is 16.5. The van der Waals surface area contributed by atoms with Crippen molar-refractivity contribution in [3.05, 3.63) is 118 Å². The standard InChI is InChI=1S/C32H20N2O7/c1-17(35)19-5-3-7-21(13-19)33-29(37)25-11-9-23(15-27(25)31(33)39)41-24-10-12-26-28(16-24)32(40)34(30(26)38)22-8-4-6-20(14-22)18(2)36/h3-16H,1-2H3. The van der Waals surface area contributed by atoms with Gasteiger partial charge in [-0.15, -0.1) is 0 Å².